The molecule has 0 bridgehead atoms. The third kappa shape index (κ3) is 2.66. The van der Waals surface area contributed by atoms with E-state index in [1.165, 1.54) is 4.90 Å². The number of rotatable bonds is 3. The maximum Gasteiger partial charge on any atom is 0.326 e. The van der Waals surface area contributed by atoms with Crippen LogP contribution in [0.1, 0.15) is 18.4 Å². The number of halogens is 1. The van der Waals surface area contributed by atoms with Crippen LogP contribution in [0.3, 0.4) is 0 Å². The van der Waals surface area contributed by atoms with Crippen LogP contribution < -0.4 is 0 Å². The zero-order valence-electron chi connectivity index (χ0n) is 9.10. The van der Waals surface area contributed by atoms with Gasteiger partial charge in [0.05, 0.1) is 0 Å². The van der Waals surface area contributed by atoms with Crippen LogP contribution in [0.5, 0.6) is 0 Å². The predicted molar refractivity (Wildman–Crippen MR) is 65.3 cm³/mol. The van der Waals surface area contributed by atoms with Gasteiger partial charge >= 0.3 is 5.97 Å². The third-order valence-electron chi connectivity index (χ3n) is 2.88. The molecule has 5 heteroatoms. The first-order valence-corrected chi connectivity index (χ1v) is 6.14. The average Bonchev–Trinajstić information content (AvgIpc) is 2.64. The quantitative estimate of drug-likeness (QED) is 0.929. The van der Waals surface area contributed by atoms with Gasteiger partial charge in [0.25, 0.3) is 0 Å². The second-order valence-corrected chi connectivity index (χ2v) is 4.96. The Morgan fingerprint density at radius 1 is 1.41 bits per heavy atom. The van der Waals surface area contributed by atoms with Gasteiger partial charge in [0, 0.05) is 17.4 Å². The molecular formula is C12H12BrNO3. The van der Waals surface area contributed by atoms with E-state index in [0.717, 1.165) is 10.0 Å². The molecule has 1 fully saturated rings. The zero-order chi connectivity index (χ0) is 12.4. The molecule has 1 atom stereocenters. The van der Waals surface area contributed by atoms with E-state index >= 15 is 0 Å². The van der Waals surface area contributed by atoms with Gasteiger partial charge in [0.1, 0.15) is 6.04 Å². The lowest BCUT2D eigenvalue weighted by atomic mass is 10.2. The third-order valence-corrected chi connectivity index (χ3v) is 3.41. The number of carbonyl (C=O) groups is 2. The number of likely N-dealkylation sites (tertiary alicyclic amines) is 1. The van der Waals surface area contributed by atoms with Gasteiger partial charge in [-0.1, -0.05) is 28.1 Å². The number of aliphatic carboxylic acids is 1. The number of nitrogens with zero attached hydrogens (tertiary/aromatic N) is 1. The van der Waals surface area contributed by atoms with Gasteiger partial charge in [-0.3, -0.25) is 4.79 Å². The van der Waals surface area contributed by atoms with Crippen molar-refractivity contribution in [1.82, 2.24) is 4.90 Å². The summed E-state index contributed by atoms with van der Waals surface area (Å²) in [4.78, 5) is 24.1. The fourth-order valence-electron chi connectivity index (χ4n) is 1.98. The summed E-state index contributed by atoms with van der Waals surface area (Å²) in [6, 6.07) is 6.85. The summed E-state index contributed by atoms with van der Waals surface area (Å²) in [5, 5.41) is 9.02. The molecule has 17 heavy (non-hydrogen) atoms. The first-order chi connectivity index (χ1) is 8.08. The highest BCUT2D eigenvalue weighted by molar-refractivity contribution is 9.10. The van der Waals surface area contributed by atoms with Crippen molar-refractivity contribution in [2.45, 2.75) is 25.4 Å². The van der Waals surface area contributed by atoms with Crippen LogP contribution >= 0.6 is 15.9 Å². The largest absolute Gasteiger partial charge is 0.480 e. The van der Waals surface area contributed by atoms with Crippen molar-refractivity contribution < 1.29 is 14.7 Å². The van der Waals surface area contributed by atoms with Crippen molar-refractivity contribution in [1.29, 1.82) is 0 Å². The van der Waals surface area contributed by atoms with Crippen LogP contribution in [-0.2, 0) is 16.1 Å². The van der Waals surface area contributed by atoms with Crippen LogP contribution in [0.15, 0.2) is 28.7 Å². The van der Waals surface area contributed by atoms with Gasteiger partial charge in [0.2, 0.25) is 5.91 Å². The summed E-state index contributed by atoms with van der Waals surface area (Å²) in [6.07, 6.45) is 0.734. The van der Waals surface area contributed by atoms with E-state index in [1.807, 2.05) is 24.3 Å². The molecule has 1 saturated heterocycles. The molecule has 0 aliphatic carbocycles. The Balaban J connectivity index is 2.13. The second-order valence-electron chi connectivity index (χ2n) is 4.04. The monoisotopic (exact) mass is 297 g/mol. The van der Waals surface area contributed by atoms with Gasteiger partial charge in [-0.05, 0) is 24.1 Å². The Bertz CT molecular complexity index is 444. The summed E-state index contributed by atoms with van der Waals surface area (Å²) in [5.41, 5.74) is 0.940. The van der Waals surface area contributed by atoms with E-state index in [9.17, 15) is 9.59 Å². The number of benzene rings is 1. The summed E-state index contributed by atoms with van der Waals surface area (Å²) >= 11 is 3.33. The number of amides is 1. The highest BCUT2D eigenvalue weighted by Crippen LogP contribution is 2.22. The summed E-state index contributed by atoms with van der Waals surface area (Å²) < 4.78 is 0.962. The molecule has 1 aliphatic rings. The Morgan fingerprint density at radius 3 is 2.65 bits per heavy atom. The van der Waals surface area contributed by atoms with Crippen molar-refractivity contribution in [2.75, 3.05) is 0 Å². The lowest BCUT2D eigenvalue weighted by molar-refractivity contribution is -0.146. The molecule has 1 heterocycles. The lowest BCUT2D eigenvalue weighted by Gasteiger charge is -2.21. The molecule has 90 valence electrons. The predicted octanol–water partition coefficient (Wildman–Crippen LogP) is 2.02. The molecule has 4 nitrogen and oxygen atoms in total. The maximum absolute atomic E-state index is 11.6. The minimum atomic E-state index is -0.923. The molecule has 1 aliphatic heterocycles. The van der Waals surface area contributed by atoms with Crippen LogP contribution in [0.2, 0.25) is 0 Å². The molecule has 1 aromatic rings. The van der Waals surface area contributed by atoms with Gasteiger partial charge in [-0.15, -0.1) is 0 Å². The average molecular weight is 298 g/mol. The van der Waals surface area contributed by atoms with E-state index in [1.54, 1.807) is 0 Å². The van der Waals surface area contributed by atoms with E-state index in [4.69, 9.17) is 5.11 Å². The summed E-state index contributed by atoms with van der Waals surface area (Å²) in [6.45, 7) is 0.364. The Morgan fingerprint density at radius 2 is 2.06 bits per heavy atom. The Hall–Kier alpha value is -1.36. The first-order valence-electron chi connectivity index (χ1n) is 5.34. The van der Waals surface area contributed by atoms with Crippen LogP contribution in [0, 0.1) is 0 Å². The van der Waals surface area contributed by atoms with Gasteiger partial charge in [-0.25, -0.2) is 4.79 Å². The molecular weight excluding hydrogens is 286 g/mol. The van der Waals surface area contributed by atoms with Crippen molar-refractivity contribution in [2.24, 2.45) is 0 Å². The van der Waals surface area contributed by atoms with E-state index in [-0.39, 0.29) is 5.91 Å². The topological polar surface area (TPSA) is 57.6 Å². The number of carboxylic acids is 1. The summed E-state index contributed by atoms with van der Waals surface area (Å²) in [7, 11) is 0. The minimum Gasteiger partial charge on any atom is -0.480 e. The molecule has 1 N–H and O–H groups in total. The molecule has 0 radical (unpaired) electrons. The lowest BCUT2D eigenvalue weighted by Crippen LogP contribution is -2.37. The van der Waals surface area contributed by atoms with E-state index < -0.39 is 12.0 Å². The van der Waals surface area contributed by atoms with Gasteiger partial charge in [0.15, 0.2) is 0 Å². The molecule has 1 unspecified atom stereocenters. The maximum atomic E-state index is 11.6. The number of carbonyl (C=O) groups excluding carboxylic acids is 1. The highest BCUT2D eigenvalue weighted by atomic mass is 79.9. The Kier molecular flexibility index (Phi) is 3.47. The van der Waals surface area contributed by atoms with Crippen LogP contribution in [0.25, 0.3) is 0 Å². The van der Waals surface area contributed by atoms with E-state index in [2.05, 4.69) is 15.9 Å². The molecule has 0 spiro atoms. The van der Waals surface area contributed by atoms with Crippen LogP contribution in [0.4, 0.5) is 0 Å². The second kappa shape index (κ2) is 4.87. The number of carboxylic acid groups (broad SMARTS) is 1. The molecule has 1 amide bonds. The first kappa shape index (κ1) is 12.1. The zero-order valence-corrected chi connectivity index (χ0v) is 10.7. The fourth-order valence-corrected chi connectivity index (χ4v) is 2.24. The SMILES string of the molecule is O=C(O)C1CCC(=O)N1Cc1ccc(Br)cc1. The molecule has 0 aromatic heterocycles. The number of hydrogen-bond acceptors (Lipinski definition) is 2. The van der Waals surface area contributed by atoms with Gasteiger partial charge in [-0.2, -0.15) is 0 Å². The van der Waals surface area contributed by atoms with Crippen molar-refractivity contribution >= 4 is 27.8 Å². The molecule has 1 aromatic carbocycles. The summed E-state index contributed by atoms with van der Waals surface area (Å²) in [5.74, 6) is -1.01. The number of hydrogen-bond donors (Lipinski definition) is 1. The normalized spacial score (nSPS) is 19.7. The molecule has 0 saturated carbocycles. The Labute approximate surface area is 107 Å². The van der Waals surface area contributed by atoms with Crippen molar-refractivity contribution in [3.05, 3.63) is 34.3 Å². The van der Waals surface area contributed by atoms with Crippen LogP contribution in [-0.4, -0.2) is 27.9 Å². The fraction of sp³-hybridized carbons (Fsp3) is 0.333. The van der Waals surface area contributed by atoms with E-state index in [0.29, 0.717) is 19.4 Å². The van der Waals surface area contributed by atoms with Crippen molar-refractivity contribution in [3.8, 4) is 0 Å². The van der Waals surface area contributed by atoms with Crippen molar-refractivity contribution in [3.63, 3.8) is 0 Å². The minimum absolute atomic E-state index is 0.0830. The smallest absolute Gasteiger partial charge is 0.326 e. The standard InChI is InChI=1S/C12H12BrNO3/c13-9-3-1-8(2-4-9)7-14-10(12(16)17)5-6-11(14)15/h1-4,10H,5-7H2,(H,16,17). The van der Waals surface area contributed by atoms with Gasteiger partial charge < -0.3 is 10.0 Å². The molecule has 2 rings (SSSR count). The highest BCUT2D eigenvalue weighted by Gasteiger charge is 2.35.